The summed E-state index contributed by atoms with van der Waals surface area (Å²) in [6, 6.07) is 6.24. The number of carbonyl (C=O) groups excluding carboxylic acids is 1. The molecule has 17 heavy (non-hydrogen) atoms. The molecule has 0 aromatic carbocycles. The van der Waals surface area contributed by atoms with Gasteiger partial charge in [-0.3, -0.25) is 4.79 Å². The number of nitrogens with zero attached hydrogens (tertiary/aromatic N) is 2. The minimum Gasteiger partial charge on any atom is -0.354 e. The van der Waals surface area contributed by atoms with Crippen molar-refractivity contribution in [3.05, 3.63) is 36.2 Å². The summed E-state index contributed by atoms with van der Waals surface area (Å²) in [5.74, 6) is 0.127. The number of aromatic nitrogens is 2. The van der Waals surface area contributed by atoms with E-state index in [9.17, 15) is 4.79 Å². The Kier molecular flexibility index (Phi) is 2.53. The quantitative estimate of drug-likeness (QED) is 0.798. The van der Waals surface area contributed by atoms with Gasteiger partial charge in [0.2, 0.25) is 5.91 Å². The number of rotatable bonds is 3. The second-order valence-electron chi connectivity index (χ2n) is 4.29. The second kappa shape index (κ2) is 4.18. The van der Waals surface area contributed by atoms with Crippen LogP contribution in [-0.2, 0) is 11.3 Å². The van der Waals surface area contributed by atoms with E-state index in [1.54, 1.807) is 0 Å². The third-order valence-electron chi connectivity index (χ3n) is 3.06. The Balaban J connectivity index is 1.71. The van der Waals surface area contributed by atoms with E-state index in [0.717, 1.165) is 24.2 Å². The van der Waals surface area contributed by atoms with Crippen molar-refractivity contribution in [3.8, 4) is 0 Å². The Bertz CT molecular complexity index is 548. The number of hydrogen-bond acceptors (Lipinski definition) is 3. The van der Waals surface area contributed by atoms with Gasteiger partial charge in [0.05, 0.1) is 11.7 Å². The van der Waals surface area contributed by atoms with Crippen LogP contribution in [0.15, 0.2) is 30.6 Å². The zero-order valence-electron chi connectivity index (χ0n) is 9.39. The molecule has 3 heterocycles. The lowest BCUT2D eigenvalue weighted by Gasteiger charge is -2.08. The average molecular weight is 230 g/mol. The first-order chi connectivity index (χ1) is 8.33. The molecule has 0 aliphatic carbocycles. The lowest BCUT2D eigenvalue weighted by atomic mass is 10.2. The molecule has 0 radical (unpaired) electrons. The van der Waals surface area contributed by atoms with E-state index in [1.165, 1.54) is 0 Å². The molecule has 1 aliphatic heterocycles. The van der Waals surface area contributed by atoms with Crippen LogP contribution in [-0.4, -0.2) is 28.1 Å². The molecule has 1 saturated heterocycles. The smallest absolute Gasteiger partial charge is 0.221 e. The average Bonchev–Trinajstić information content (AvgIpc) is 2.93. The van der Waals surface area contributed by atoms with Gasteiger partial charge in [0.25, 0.3) is 0 Å². The fourth-order valence-electron chi connectivity index (χ4n) is 2.13. The number of carbonyl (C=O) groups is 1. The highest BCUT2D eigenvalue weighted by Crippen LogP contribution is 2.10. The van der Waals surface area contributed by atoms with E-state index >= 15 is 0 Å². The molecule has 5 heteroatoms. The lowest BCUT2D eigenvalue weighted by Crippen LogP contribution is -2.30. The van der Waals surface area contributed by atoms with Crippen LogP contribution >= 0.6 is 0 Å². The first-order valence-electron chi connectivity index (χ1n) is 5.74. The predicted molar refractivity (Wildman–Crippen MR) is 63.4 cm³/mol. The Morgan fingerprint density at radius 1 is 1.53 bits per heavy atom. The number of amides is 1. The van der Waals surface area contributed by atoms with E-state index in [0.29, 0.717) is 6.42 Å². The predicted octanol–water partition coefficient (Wildman–Crippen LogP) is 0.312. The van der Waals surface area contributed by atoms with Crippen molar-refractivity contribution in [2.24, 2.45) is 0 Å². The topological polar surface area (TPSA) is 58.4 Å². The maximum Gasteiger partial charge on any atom is 0.221 e. The molecule has 0 spiro atoms. The summed E-state index contributed by atoms with van der Waals surface area (Å²) in [7, 11) is 0. The van der Waals surface area contributed by atoms with Gasteiger partial charge < -0.3 is 10.6 Å². The summed E-state index contributed by atoms with van der Waals surface area (Å²) in [6.07, 6.45) is 4.37. The van der Waals surface area contributed by atoms with E-state index in [4.69, 9.17) is 0 Å². The van der Waals surface area contributed by atoms with Crippen LogP contribution in [0.2, 0.25) is 0 Å². The first kappa shape index (κ1) is 10.3. The number of fused-ring (bicyclic) bond motifs is 1. The Morgan fingerprint density at radius 3 is 3.29 bits per heavy atom. The van der Waals surface area contributed by atoms with Crippen LogP contribution in [0.25, 0.3) is 5.52 Å². The monoisotopic (exact) mass is 230 g/mol. The molecule has 2 aromatic heterocycles. The molecule has 1 unspecified atom stereocenters. The Hall–Kier alpha value is -1.88. The van der Waals surface area contributed by atoms with E-state index in [-0.39, 0.29) is 11.9 Å². The van der Waals surface area contributed by atoms with Gasteiger partial charge >= 0.3 is 0 Å². The highest BCUT2D eigenvalue weighted by Gasteiger charge is 2.20. The van der Waals surface area contributed by atoms with E-state index in [1.807, 2.05) is 35.1 Å². The maximum atomic E-state index is 11.1. The van der Waals surface area contributed by atoms with Gasteiger partial charge in [-0.25, -0.2) is 4.52 Å². The van der Waals surface area contributed by atoms with E-state index in [2.05, 4.69) is 15.7 Å². The minimum atomic E-state index is 0.127. The van der Waals surface area contributed by atoms with Crippen molar-refractivity contribution in [1.29, 1.82) is 0 Å². The fourth-order valence-corrected chi connectivity index (χ4v) is 2.13. The minimum absolute atomic E-state index is 0.127. The molecule has 0 saturated carbocycles. The van der Waals surface area contributed by atoms with Crippen molar-refractivity contribution in [2.45, 2.75) is 19.0 Å². The third kappa shape index (κ3) is 2.01. The molecule has 2 aromatic rings. The zero-order valence-corrected chi connectivity index (χ0v) is 9.39. The lowest BCUT2D eigenvalue weighted by molar-refractivity contribution is -0.119. The summed E-state index contributed by atoms with van der Waals surface area (Å²) in [6.45, 7) is 1.46. The van der Waals surface area contributed by atoms with Gasteiger partial charge in [0, 0.05) is 37.3 Å². The molecule has 1 aliphatic rings. The summed E-state index contributed by atoms with van der Waals surface area (Å²) in [5, 5.41) is 10.5. The van der Waals surface area contributed by atoms with Crippen LogP contribution in [0, 0.1) is 0 Å². The molecule has 5 nitrogen and oxygen atoms in total. The number of nitrogens with one attached hydrogen (secondary N) is 2. The highest BCUT2D eigenvalue weighted by molar-refractivity contribution is 5.78. The summed E-state index contributed by atoms with van der Waals surface area (Å²) in [4.78, 5) is 11.1. The van der Waals surface area contributed by atoms with Gasteiger partial charge in [0.1, 0.15) is 0 Å². The molecule has 1 atom stereocenters. The summed E-state index contributed by atoms with van der Waals surface area (Å²) >= 11 is 0. The standard InChI is InChI=1S/C12H14N4O/c17-12-5-10(8-14-12)13-6-9-7-15-16-4-2-1-3-11(9)16/h1-4,7,10,13H,5-6,8H2,(H,14,17). The largest absolute Gasteiger partial charge is 0.354 e. The van der Waals surface area contributed by atoms with Crippen LogP contribution in [0.1, 0.15) is 12.0 Å². The molecular formula is C12H14N4O. The van der Waals surface area contributed by atoms with Crippen LogP contribution in [0.5, 0.6) is 0 Å². The van der Waals surface area contributed by atoms with Crippen molar-refractivity contribution >= 4 is 11.4 Å². The molecule has 88 valence electrons. The van der Waals surface area contributed by atoms with E-state index < -0.39 is 0 Å². The second-order valence-corrected chi connectivity index (χ2v) is 4.29. The molecular weight excluding hydrogens is 216 g/mol. The zero-order chi connectivity index (χ0) is 11.7. The number of pyridine rings is 1. The van der Waals surface area contributed by atoms with Crippen molar-refractivity contribution in [3.63, 3.8) is 0 Å². The molecule has 2 N–H and O–H groups in total. The highest BCUT2D eigenvalue weighted by atomic mass is 16.1. The Labute approximate surface area is 98.8 Å². The van der Waals surface area contributed by atoms with Crippen molar-refractivity contribution in [1.82, 2.24) is 20.2 Å². The summed E-state index contributed by atoms with van der Waals surface area (Å²) < 4.78 is 1.86. The van der Waals surface area contributed by atoms with Crippen LogP contribution < -0.4 is 10.6 Å². The SMILES string of the molecule is O=C1CC(NCc2cnn3ccccc23)CN1. The van der Waals surface area contributed by atoms with Gasteiger partial charge in [-0.05, 0) is 12.1 Å². The molecule has 1 amide bonds. The van der Waals surface area contributed by atoms with Crippen molar-refractivity contribution < 1.29 is 4.79 Å². The number of hydrogen-bond donors (Lipinski definition) is 2. The summed E-state index contributed by atoms with van der Waals surface area (Å²) in [5.41, 5.74) is 2.27. The normalized spacial score (nSPS) is 19.8. The Morgan fingerprint density at radius 2 is 2.47 bits per heavy atom. The van der Waals surface area contributed by atoms with Gasteiger partial charge in [-0.2, -0.15) is 5.10 Å². The van der Waals surface area contributed by atoms with Crippen molar-refractivity contribution in [2.75, 3.05) is 6.54 Å². The van der Waals surface area contributed by atoms with Gasteiger partial charge in [-0.1, -0.05) is 6.07 Å². The van der Waals surface area contributed by atoms with Crippen LogP contribution in [0.3, 0.4) is 0 Å². The first-order valence-corrected chi connectivity index (χ1v) is 5.74. The maximum absolute atomic E-state index is 11.1. The van der Waals surface area contributed by atoms with Crippen LogP contribution in [0.4, 0.5) is 0 Å². The fraction of sp³-hybridized carbons (Fsp3) is 0.333. The third-order valence-corrected chi connectivity index (χ3v) is 3.06. The van der Waals surface area contributed by atoms with Gasteiger partial charge in [-0.15, -0.1) is 0 Å². The molecule has 0 bridgehead atoms. The van der Waals surface area contributed by atoms with Gasteiger partial charge in [0.15, 0.2) is 0 Å². The molecule has 1 fully saturated rings. The molecule has 3 rings (SSSR count).